The summed E-state index contributed by atoms with van der Waals surface area (Å²) >= 11 is 0. The molecular weight excluding hydrogens is 262 g/mol. The third-order valence-electron chi connectivity index (χ3n) is 4.88. The molecule has 2 rings (SSSR count). The molecule has 0 radical (unpaired) electrons. The summed E-state index contributed by atoms with van der Waals surface area (Å²) in [6.45, 7) is 10.8. The summed E-state index contributed by atoms with van der Waals surface area (Å²) in [6.07, 6.45) is 7.30. The van der Waals surface area contributed by atoms with E-state index >= 15 is 0 Å². The molecule has 2 saturated heterocycles. The van der Waals surface area contributed by atoms with Crippen LogP contribution in [0.5, 0.6) is 0 Å². The van der Waals surface area contributed by atoms with Crippen LogP contribution in [0.4, 0.5) is 0 Å². The van der Waals surface area contributed by atoms with Crippen LogP contribution in [-0.2, 0) is 4.79 Å². The van der Waals surface area contributed by atoms with Gasteiger partial charge in [-0.15, -0.1) is 0 Å². The lowest BCUT2D eigenvalue weighted by Crippen LogP contribution is -2.52. The number of hydrogen-bond donors (Lipinski definition) is 1. The summed E-state index contributed by atoms with van der Waals surface area (Å²) in [7, 11) is 0. The van der Waals surface area contributed by atoms with Crippen LogP contribution in [0, 0.1) is 0 Å². The molecule has 0 spiro atoms. The molecule has 2 heterocycles. The molecule has 0 saturated carbocycles. The summed E-state index contributed by atoms with van der Waals surface area (Å²) in [4.78, 5) is 17.1. The van der Waals surface area contributed by atoms with Gasteiger partial charge in [0.1, 0.15) is 0 Å². The Bertz CT molecular complexity index is 332. The molecule has 2 atom stereocenters. The Kier molecular flexibility index (Phi) is 6.49. The van der Waals surface area contributed by atoms with Crippen LogP contribution in [0.3, 0.4) is 0 Å². The summed E-state index contributed by atoms with van der Waals surface area (Å²) in [5.74, 6) is 0.321. The Morgan fingerprint density at radius 3 is 2.67 bits per heavy atom. The number of likely N-dealkylation sites (tertiary alicyclic amines) is 2. The van der Waals surface area contributed by atoms with Crippen LogP contribution in [0.1, 0.15) is 59.3 Å². The number of carbonyl (C=O) groups is 1. The molecule has 0 aromatic heterocycles. The maximum Gasteiger partial charge on any atom is 0.239 e. The minimum Gasteiger partial charge on any atom is -0.341 e. The second-order valence-electron chi connectivity index (χ2n) is 7.08. The quantitative estimate of drug-likeness (QED) is 0.816. The largest absolute Gasteiger partial charge is 0.341 e. The van der Waals surface area contributed by atoms with Crippen LogP contribution in [0.15, 0.2) is 0 Å². The van der Waals surface area contributed by atoms with Crippen molar-refractivity contribution in [2.75, 3.05) is 26.2 Å². The average Bonchev–Trinajstić information content (AvgIpc) is 2.44. The number of nitrogens with zero attached hydrogens (tertiary/aromatic N) is 2. The van der Waals surface area contributed by atoms with Crippen LogP contribution in [-0.4, -0.2) is 60.0 Å². The van der Waals surface area contributed by atoms with Crippen LogP contribution in [0.2, 0.25) is 0 Å². The summed E-state index contributed by atoms with van der Waals surface area (Å²) in [5, 5.41) is 3.41. The van der Waals surface area contributed by atoms with Gasteiger partial charge in [0, 0.05) is 31.7 Å². The zero-order valence-corrected chi connectivity index (χ0v) is 14.1. The highest BCUT2D eigenvalue weighted by molar-refractivity contribution is 5.82. The lowest BCUT2D eigenvalue weighted by atomic mass is 10.0. The average molecular weight is 295 g/mol. The van der Waals surface area contributed by atoms with E-state index in [0.29, 0.717) is 11.9 Å². The zero-order chi connectivity index (χ0) is 15.2. The summed E-state index contributed by atoms with van der Waals surface area (Å²) < 4.78 is 0. The molecule has 2 aliphatic rings. The Morgan fingerprint density at radius 1 is 1.14 bits per heavy atom. The van der Waals surface area contributed by atoms with Gasteiger partial charge in [-0.05, 0) is 45.6 Å². The van der Waals surface area contributed by atoms with Crippen LogP contribution >= 0.6 is 0 Å². The second-order valence-corrected chi connectivity index (χ2v) is 7.08. The lowest BCUT2D eigenvalue weighted by molar-refractivity contribution is -0.136. The summed E-state index contributed by atoms with van der Waals surface area (Å²) in [6, 6.07) is 1.16. The minimum atomic E-state index is 0.0488. The van der Waals surface area contributed by atoms with Gasteiger partial charge in [0.15, 0.2) is 0 Å². The molecule has 1 amide bonds. The number of amides is 1. The maximum atomic E-state index is 12.5. The number of rotatable bonds is 6. The smallest absolute Gasteiger partial charge is 0.239 e. The predicted octanol–water partition coefficient (Wildman–Crippen LogP) is 2.24. The number of hydrogen-bond acceptors (Lipinski definition) is 3. The number of piperidine rings is 2. The molecule has 1 N–H and O–H groups in total. The highest BCUT2D eigenvalue weighted by atomic mass is 16.2. The third kappa shape index (κ3) is 4.96. The topological polar surface area (TPSA) is 35.6 Å². The van der Waals surface area contributed by atoms with E-state index < -0.39 is 0 Å². The Morgan fingerprint density at radius 2 is 1.95 bits per heavy atom. The fraction of sp³-hybridized carbons (Fsp3) is 0.941. The molecule has 2 unspecified atom stereocenters. The summed E-state index contributed by atoms with van der Waals surface area (Å²) in [5.41, 5.74) is 0. The first kappa shape index (κ1) is 16.8. The van der Waals surface area contributed by atoms with Crippen molar-refractivity contribution in [3.05, 3.63) is 0 Å². The van der Waals surface area contributed by atoms with E-state index in [4.69, 9.17) is 0 Å². The van der Waals surface area contributed by atoms with Crippen molar-refractivity contribution in [1.82, 2.24) is 15.1 Å². The van der Waals surface area contributed by atoms with Crippen molar-refractivity contribution >= 4 is 5.91 Å². The van der Waals surface area contributed by atoms with Gasteiger partial charge >= 0.3 is 0 Å². The van der Waals surface area contributed by atoms with Crippen molar-refractivity contribution in [3.8, 4) is 0 Å². The van der Waals surface area contributed by atoms with E-state index in [2.05, 4.69) is 35.9 Å². The molecule has 4 heteroatoms. The van der Waals surface area contributed by atoms with Crippen molar-refractivity contribution in [1.29, 1.82) is 0 Å². The maximum absolute atomic E-state index is 12.5. The standard InChI is InChI=1S/C17H33N3O/c1-14(2)18-16-9-6-11-20(17(16)21)13-7-12-19-10-5-4-8-15(19)3/h14-16,18H,4-13H2,1-3H3. The lowest BCUT2D eigenvalue weighted by Gasteiger charge is -2.36. The second kappa shape index (κ2) is 8.14. The highest BCUT2D eigenvalue weighted by Crippen LogP contribution is 2.17. The van der Waals surface area contributed by atoms with Gasteiger partial charge in [0.2, 0.25) is 5.91 Å². The van der Waals surface area contributed by atoms with Gasteiger partial charge in [-0.1, -0.05) is 20.3 Å². The van der Waals surface area contributed by atoms with Crippen LogP contribution < -0.4 is 5.32 Å². The molecule has 2 fully saturated rings. The van der Waals surface area contributed by atoms with Crippen LogP contribution in [0.25, 0.3) is 0 Å². The highest BCUT2D eigenvalue weighted by Gasteiger charge is 2.28. The molecule has 0 bridgehead atoms. The van der Waals surface area contributed by atoms with Gasteiger partial charge in [0.05, 0.1) is 6.04 Å². The Balaban J connectivity index is 1.73. The number of nitrogens with one attached hydrogen (secondary N) is 1. The molecule has 4 nitrogen and oxygen atoms in total. The van der Waals surface area contributed by atoms with Crippen molar-refractivity contribution < 1.29 is 4.79 Å². The first-order chi connectivity index (χ1) is 10.1. The SMILES string of the molecule is CC(C)NC1CCCN(CCCN2CCCCC2C)C1=O. The number of carbonyl (C=O) groups excluding carboxylic acids is 1. The van der Waals surface area contributed by atoms with E-state index in [9.17, 15) is 4.79 Å². The van der Waals surface area contributed by atoms with E-state index in [1.165, 1.54) is 25.8 Å². The van der Waals surface area contributed by atoms with Gasteiger partial charge in [-0.25, -0.2) is 0 Å². The normalized spacial score (nSPS) is 28.4. The van der Waals surface area contributed by atoms with E-state index in [0.717, 1.165) is 44.9 Å². The molecular formula is C17H33N3O. The molecule has 0 aliphatic carbocycles. The van der Waals surface area contributed by atoms with Gasteiger partial charge in [-0.3, -0.25) is 4.79 Å². The Labute approximate surface area is 130 Å². The monoisotopic (exact) mass is 295 g/mol. The van der Waals surface area contributed by atoms with E-state index in [1.807, 2.05) is 0 Å². The fourth-order valence-electron chi connectivity index (χ4n) is 3.67. The Hall–Kier alpha value is -0.610. The third-order valence-corrected chi connectivity index (χ3v) is 4.88. The first-order valence-electron chi connectivity index (χ1n) is 8.87. The first-order valence-corrected chi connectivity index (χ1v) is 8.87. The fourth-order valence-corrected chi connectivity index (χ4v) is 3.67. The van der Waals surface area contributed by atoms with Crippen molar-refractivity contribution in [2.24, 2.45) is 0 Å². The van der Waals surface area contributed by atoms with Gasteiger partial charge < -0.3 is 15.1 Å². The van der Waals surface area contributed by atoms with E-state index in [-0.39, 0.29) is 6.04 Å². The molecule has 0 aromatic rings. The van der Waals surface area contributed by atoms with Gasteiger partial charge in [-0.2, -0.15) is 0 Å². The van der Waals surface area contributed by atoms with Crippen molar-refractivity contribution in [3.63, 3.8) is 0 Å². The minimum absolute atomic E-state index is 0.0488. The molecule has 2 aliphatic heterocycles. The zero-order valence-electron chi connectivity index (χ0n) is 14.1. The van der Waals surface area contributed by atoms with Gasteiger partial charge in [0.25, 0.3) is 0 Å². The van der Waals surface area contributed by atoms with E-state index in [1.54, 1.807) is 0 Å². The molecule has 21 heavy (non-hydrogen) atoms. The molecule has 122 valence electrons. The molecule has 0 aromatic carbocycles. The van der Waals surface area contributed by atoms with Crippen molar-refractivity contribution in [2.45, 2.75) is 77.4 Å². The predicted molar refractivity (Wildman–Crippen MR) is 87.4 cm³/mol.